The summed E-state index contributed by atoms with van der Waals surface area (Å²) in [6, 6.07) is 4.97. The Morgan fingerprint density at radius 1 is 1.53 bits per heavy atom. The molecule has 1 aromatic rings. The summed E-state index contributed by atoms with van der Waals surface area (Å²) < 4.78 is 0. The molecule has 1 aliphatic carbocycles. The van der Waals surface area contributed by atoms with Crippen LogP contribution in [0.2, 0.25) is 5.02 Å². The van der Waals surface area contributed by atoms with Gasteiger partial charge in [-0.2, -0.15) is 0 Å². The molecule has 0 unspecified atom stereocenters. The number of carbonyl (C=O) groups excluding carboxylic acids is 1. The Bertz CT molecular complexity index is 444. The number of nitrogen functional groups attached to an aromatic ring is 1. The van der Waals surface area contributed by atoms with Gasteiger partial charge in [-0.1, -0.05) is 17.7 Å². The Kier molecular flexibility index (Phi) is 3.26. The molecule has 4 N–H and O–H groups in total. The van der Waals surface area contributed by atoms with Crippen LogP contribution >= 0.6 is 11.6 Å². The van der Waals surface area contributed by atoms with Crippen LogP contribution in [-0.4, -0.2) is 24.2 Å². The lowest BCUT2D eigenvalue weighted by atomic mass is 10.1. The van der Waals surface area contributed by atoms with Crippen LogP contribution in [0.4, 0.5) is 5.69 Å². The molecule has 0 heterocycles. The van der Waals surface area contributed by atoms with Crippen LogP contribution < -0.4 is 11.1 Å². The SMILES string of the molecule is Nc1cccc(C(=O)NCC2(CO)CC2)c1Cl. The third kappa shape index (κ3) is 2.53. The fourth-order valence-corrected chi connectivity index (χ4v) is 1.87. The van der Waals surface area contributed by atoms with Crippen molar-refractivity contribution in [1.29, 1.82) is 0 Å². The third-order valence-electron chi connectivity index (χ3n) is 3.19. The maximum absolute atomic E-state index is 11.9. The number of aliphatic hydroxyl groups is 1. The number of hydrogen-bond acceptors (Lipinski definition) is 3. The zero-order valence-corrected chi connectivity index (χ0v) is 10.1. The average Bonchev–Trinajstić information content (AvgIpc) is 3.10. The van der Waals surface area contributed by atoms with Crippen LogP contribution in [0, 0.1) is 5.41 Å². The van der Waals surface area contributed by atoms with Crippen molar-refractivity contribution in [2.24, 2.45) is 5.41 Å². The molecule has 1 amide bonds. The van der Waals surface area contributed by atoms with Gasteiger partial charge < -0.3 is 16.2 Å². The van der Waals surface area contributed by atoms with E-state index in [9.17, 15) is 4.79 Å². The van der Waals surface area contributed by atoms with Gasteiger partial charge in [-0.05, 0) is 25.0 Å². The molecule has 5 heteroatoms. The van der Waals surface area contributed by atoms with Crippen molar-refractivity contribution in [2.45, 2.75) is 12.8 Å². The van der Waals surface area contributed by atoms with Crippen molar-refractivity contribution in [1.82, 2.24) is 5.32 Å². The Balaban J connectivity index is 2.02. The van der Waals surface area contributed by atoms with Crippen molar-refractivity contribution in [2.75, 3.05) is 18.9 Å². The summed E-state index contributed by atoms with van der Waals surface area (Å²) in [5.74, 6) is -0.248. The summed E-state index contributed by atoms with van der Waals surface area (Å²) in [6.07, 6.45) is 1.91. The van der Waals surface area contributed by atoms with Gasteiger partial charge in [0.1, 0.15) is 0 Å². The van der Waals surface area contributed by atoms with Gasteiger partial charge in [0, 0.05) is 12.0 Å². The van der Waals surface area contributed by atoms with Gasteiger partial charge >= 0.3 is 0 Å². The highest BCUT2D eigenvalue weighted by Crippen LogP contribution is 2.44. The lowest BCUT2D eigenvalue weighted by Gasteiger charge is -2.13. The van der Waals surface area contributed by atoms with Gasteiger partial charge in [0.25, 0.3) is 5.91 Å². The molecule has 2 rings (SSSR count). The van der Waals surface area contributed by atoms with Crippen molar-refractivity contribution in [3.8, 4) is 0 Å². The normalized spacial score (nSPS) is 16.6. The number of rotatable bonds is 4. The minimum absolute atomic E-state index is 0.109. The van der Waals surface area contributed by atoms with Crippen molar-refractivity contribution in [3.05, 3.63) is 28.8 Å². The smallest absolute Gasteiger partial charge is 0.252 e. The van der Waals surface area contributed by atoms with Crippen LogP contribution in [0.15, 0.2) is 18.2 Å². The van der Waals surface area contributed by atoms with Gasteiger partial charge in [0.15, 0.2) is 0 Å². The van der Waals surface area contributed by atoms with E-state index in [1.165, 1.54) is 0 Å². The molecular weight excluding hydrogens is 240 g/mol. The first-order valence-electron chi connectivity index (χ1n) is 5.51. The van der Waals surface area contributed by atoms with Crippen LogP contribution in [0.3, 0.4) is 0 Å². The molecule has 1 saturated carbocycles. The summed E-state index contributed by atoms with van der Waals surface area (Å²) in [6.45, 7) is 0.589. The predicted octanol–water partition coefficient (Wildman–Crippen LogP) is 1.42. The molecule has 1 fully saturated rings. The molecule has 92 valence electrons. The summed E-state index contributed by atoms with van der Waals surface area (Å²) in [5.41, 5.74) is 6.28. The minimum atomic E-state index is -0.248. The number of nitrogens with two attached hydrogens (primary N) is 1. The molecule has 0 aliphatic heterocycles. The minimum Gasteiger partial charge on any atom is -0.398 e. The molecule has 1 aromatic carbocycles. The number of halogens is 1. The van der Waals surface area contributed by atoms with E-state index in [0.29, 0.717) is 17.8 Å². The topological polar surface area (TPSA) is 75.4 Å². The fraction of sp³-hybridized carbons (Fsp3) is 0.417. The largest absolute Gasteiger partial charge is 0.398 e. The quantitative estimate of drug-likeness (QED) is 0.712. The second-order valence-corrected chi connectivity index (χ2v) is 4.93. The molecule has 1 aliphatic rings. The number of benzene rings is 1. The summed E-state index contributed by atoms with van der Waals surface area (Å²) in [5, 5.41) is 12.2. The van der Waals surface area contributed by atoms with Crippen molar-refractivity contribution < 1.29 is 9.90 Å². The Hall–Kier alpha value is -1.26. The molecule has 0 aromatic heterocycles. The van der Waals surface area contributed by atoms with E-state index in [4.69, 9.17) is 22.4 Å². The molecule has 0 atom stereocenters. The second-order valence-electron chi connectivity index (χ2n) is 4.55. The number of nitrogens with one attached hydrogen (secondary N) is 1. The van der Waals surface area contributed by atoms with E-state index in [1.807, 2.05) is 0 Å². The van der Waals surface area contributed by atoms with Crippen molar-refractivity contribution in [3.63, 3.8) is 0 Å². The van der Waals surface area contributed by atoms with Gasteiger partial charge in [-0.15, -0.1) is 0 Å². The molecular formula is C12H15ClN2O2. The monoisotopic (exact) mass is 254 g/mol. The fourth-order valence-electron chi connectivity index (χ4n) is 1.66. The molecule has 17 heavy (non-hydrogen) atoms. The molecule has 0 radical (unpaired) electrons. The second kappa shape index (κ2) is 4.55. The van der Waals surface area contributed by atoms with E-state index in [-0.39, 0.29) is 23.0 Å². The van der Waals surface area contributed by atoms with Gasteiger partial charge in [-0.25, -0.2) is 0 Å². The highest BCUT2D eigenvalue weighted by molar-refractivity contribution is 6.36. The lowest BCUT2D eigenvalue weighted by Crippen LogP contribution is -2.32. The molecule has 0 saturated heterocycles. The maximum atomic E-state index is 11.9. The zero-order valence-electron chi connectivity index (χ0n) is 9.37. The number of amides is 1. The summed E-state index contributed by atoms with van der Waals surface area (Å²) in [4.78, 5) is 11.9. The van der Waals surface area contributed by atoms with Gasteiger partial charge in [0.2, 0.25) is 0 Å². The summed E-state index contributed by atoms with van der Waals surface area (Å²) >= 11 is 5.95. The van der Waals surface area contributed by atoms with Crippen LogP contribution in [-0.2, 0) is 0 Å². The van der Waals surface area contributed by atoms with E-state index in [1.54, 1.807) is 18.2 Å². The first kappa shape index (κ1) is 12.2. The Labute approximate surface area is 105 Å². The van der Waals surface area contributed by atoms with Crippen LogP contribution in [0.5, 0.6) is 0 Å². The first-order chi connectivity index (χ1) is 8.08. The van der Waals surface area contributed by atoms with E-state index >= 15 is 0 Å². The van der Waals surface area contributed by atoms with Crippen molar-refractivity contribution >= 4 is 23.2 Å². The van der Waals surface area contributed by atoms with E-state index < -0.39 is 0 Å². The average molecular weight is 255 g/mol. The number of carbonyl (C=O) groups is 1. The predicted molar refractivity (Wildman–Crippen MR) is 67.0 cm³/mol. The van der Waals surface area contributed by atoms with Gasteiger partial charge in [-0.3, -0.25) is 4.79 Å². The maximum Gasteiger partial charge on any atom is 0.252 e. The highest BCUT2D eigenvalue weighted by atomic mass is 35.5. The standard InChI is InChI=1S/C12H15ClN2O2/c13-10-8(2-1-3-9(10)14)11(17)15-6-12(7-16)4-5-12/h1-3,16H,4-7,14H2,(H,15,17). The van der Waals surface area contributed by atoms with Crippen LogP contribution in [0.25, 0.3) is 0 Å². The van der Waals surface area contributed by atoms with Gasteiger partial charge in [0.05, 0.1) is 22.9 Å². The molecule has 0 spiro atoms. The zero-order chi connectivity index (χ0) is 12.5. The number of hydrogen-bond donors (Lipinski definition) is 3. The Morgan fingerprint density at radius 3 is 2.82 bits per heavy atom. The van der Waals surface area contributed by atoms with Crippen LogP contribution in [0.1, 0.15) is 23.2 Å². The Morgan fingerprint density at radius 2 is 2.24 bits per heavy atom. The number of aliphatic hydroxyl groups excluding tert-OH is 1. The third-order valence-corrected chi connectivity index (χ3v) is 3.61. The number of anilines is 1. The first-order valence-corrected chi connectivity index (χ1v) is 5.89. The highest BCUT2D eigenvalue weighted by Gasteiger charge is 2.42. The molecule has 0 bridgehead atoms. The summed E-state index contributed by atoms with van der Waals surface area (Å²) in [7, 11) is 0. The van der Waals surface area contributed by atoms with E-state index in [0.717, 1.165) is 12.8 Å². The lowest BCUT2D eigenvalue weighted by molar-refractivity contribution is 0.0935. The van der Waals surface area contributed by atoms with E-state index in [2.05, 4.69) is 5.32 Å². The molecule has 4 nitrogen and oxygen atoms in total.